The number of β-amino-alcohol motifs (C(OH)–C–C–N with tert-alkyl or cyclic N) is 1. The minimum atomic E-state index is -0.726. The zero-order chi connectivity index (χ0) is 5.98. The molecule has 0 spiro atoms. The van der Waals surface area contributed by atoms with Gasteiger partial charge in [0.25, 0.3) is 0 Å². The van der Waals surface area contributed by atoms with Gasteiger partial charge in [-0.3, -0.25) is 4.84 Å². The van der Waals surface area contributed by atoms with Gasteiger partial charge in [0.05, 0.1) is 12.7 Å². The molecule has 2 atom stereocenters. The molecule has 1 aliphatic rings. The van der Waals surface area contributed by atoms with Crippen LogP contribution in [0.1, 0.15) is 0 Å². The maximum absolute atomic E-state index is 8.79. The fourth-order valence-electron chi connectivity index (χ4n) is 0.536. The largest absolute Gasteiger partial charge is 0.389 e. The standard InChI is InChI=1S/C4H9NO3/c6-3-1-5-8-2-4(3)7/h3-7H,1-2H2. The Balaban J connectivity index is 2.28. The van der Waals surface area contributed by atoms with Gasteiger partial charge in [-0.25, -0.2) is 0 Å². The van der Waals surface area contributed by atoms with Crippen molar-refractivity contribution in [2.24, 2.45) is 0 Å². The monoisotopic (exact) mass is 119 g/mol. The van der Waals surface area contributed by atoms with Crippen molar-refractivity contribution in [2.45, 2.75) is 12.2 Å². The van der Waals surface area contributed by atoms with Gasteiger partial charge in [0.1, 0.15) is 6.10 Å². The molecule has 0 amide bonds. The van der Waals surface area contributed by atoms with Crippen LogP contribution in [-0.4, -0.2) is 35.6 Å². The fraction of sp³-hybridized carbons (Fsp3) is 1.00. The number of hydroxylamine groups is 1. The SMILES string of the molecule is OC1CNOCC1O. The van der Waals surface area contributed by atoms with Crippen LogP contribution in [0.2, 0.25) is 0 Å². The second-order valence-electron chi connectivity index (χ2n) is 1.79. The van der Waals surface area contributed by atoms with E-state index in [9.17, 15) is 0 Å². The van der Waals surface area contributed by atoms with Crippen LogP contribution >= 0.6 is 0 Å². The molecule has 8 heavy (non-hydrogen) atoms. The highest BCUT2D eigenvalue weighted by atomic mass is 16.7. The van der Waals surface area contributed by atoms with Crippen molar-refractivity contribution in [3.8, 4) is 0 Å². The molecule has 1 rings (SSSR count). The number of nitrogens with one attached hydrogen (secondary N) is 1. The first-order chi connectivity index (χ1) is 3.80. The Labute approximate surface area is 47.0 Å². The minimum absolute atomic E-state index is 0.168. The summed E-state index contributed by atoms with van der Waals surface area (Å²) in [5, 5.41) is 17.5. The summed E-state index contributed by atoms with van der Waals surface area (Å²) in [4.78, 5) is 4.59. The molecule has 1 heterocycles. The summed E-state index contributed by atoms with van der Waals surface area (Å²) in [6, 6.07) is 0. The van der Waals surface area contributed by atoms with Gasteiger partial charge < -0.3 is 10.2 Å². The molecular formula is C4H9NO3. The quantitative estimate of drug-likeness (QED) is 0.353. The molecule has 0 bridgehead atoms. The molecule has 0 aliphatic carbocycles. The van der Waals surface area contributed by atoms with Crippen molar-refractivity contribution >= 4 is 0 Å². The summed E-state index contributed by atoms with van der Waals surface area (Å²) < 4.78 is 0. The molecule has 0 aromatic rings. The summed E-state index contributed by atoms with van der Waals surface area (Å²) in [5.41, 5.74) is 2.45. The molecular weight excluding hydrogens is 110 g/mol. The van der Waals surface area contributed by atoms with Crippen molar-refractivity contribution in [1.29, 1.82) is 0 Å². The molecule has 0 aromatic heterocycles. The molecule has 48 valence electrons. The van der Waals surface area contributed by atoms with E-state index in [1.165, 1.54) is 0 Å². The summed E-state index contributed by atoms with van der Waals surface area (Å²) >= 11 is 0. The molecule has 0 saturated carbocycles. The summed E-state index contributed by atoms with van der Waals surface area (Å²) in [5.74, 6) is 0. The second kappa shape index (κ2) is 2.41. The highest BCUT2D eigenvalue weighted by Gasteiger charge is 2.20. The molecule has 1 fully saturated rings. The Bertz CT molecular complexity index is 67.7. The van der Waals surface area contributed by atoms with Crippen LogP contribution in [0.25, 0.3) is 0 Å². The molecule has 0 radical (unpaired) electrons. The summed E-state index contributed by atoms with van der Waals surface area (Å²) in [6.07, 6.45) is -1.40. The molecule has 1 saturated heterocycles. The van der Waals surface area contributed by atoms with Crippen molar-refractivity contribution < 1.29 is 15.1 Å². The lowest BCUT2D eigenvalue weighted by molar-refractivity contribution is -0.118. The second-order valence-corrected chi connectivity index (χ2v) is 1.79. The Morgan fingerprint density at radius 1 is 1.38 bits per heavy atom. The molecule has 1 aliphatic heterocycles. The van der Waals surface area contributed by atoms with Crippen molar-refractivity contribution in [3.05, 3.63) is 0 Å². The fourth-order valence-corrected chi connectivity index (χ4v) is 0.536. The number of hydrogen-bond donors (Lipinski definition) is 3. The first-order valence-electron chi connectivity index (χ1n) is 2.51. The lowest BCUT2D eigenvalue weighted by atomic mass is 10.2. The minimum Gasteiger partial charge on any atom is -0.389 e. The van der Waals surface area contributed by atoms with Crippen LogP contribution in [0.15, 0.2) is 0 Å². The Hall–Kier alpha value is -0.160. The topological polar surface area (TPSA) is 61.7 Å². The molecule has 4 nitrogen and oxygen atoms in total. The predicted octanol–water partition coefficient (Wildman–Crippen LogP) is -1.76. The third kappa shape index (κ3) is 1.16. The van der Waals surface area contributed by atoms with Gasteiger partial charge >= 0.3 is 0 Å². The Morgan fingerprint density at radius 2 is 2.12 bits per heavy atom. The lowest BCUT2D eigenvalue weighted by Crippen LogP contribution is -2.45. The van der Waals surface area contributed by atoms with E-state index in [4.69, 9.17) is 10.2 Å². The first kappa shape index (κ1) is 5.97. The summed E-state index contributed by atoms with van der Waals surface area (Å²) in [7, 11) is 0. The van der Waals surface area contributed by atoms with E-state index in [-0.39, 0.29) is 6.61 Å². The lowest BCUT2D eigenvalue weighted by Gasteiger charge is -2.23. The zero-order valence-electron chi connectivity index (χ0n) is 4.37. The van der Waals surface area contributed by atoms with E-state index in [0.717, 1.165) is 0 Å². The van der Waals surface area contributed by atoms with Gasteiger partial charge in [0.15, 0.2) is 0 Å². The number of rotatable bonds is 0. The van der Waals surface area contributed by atoms with Gasteiger partial charge in [0, 0.05) is 6.54 Å². The zero-order valence-corrected chi connectivity index (χ0v) is 4.37. The van der Waals surface area contributed by atoms with Gasteiger partial charge in [-0.2, -0.15) is 5.48 Å². The normalized spacial score (nSPS) is 39.8. The van der Waals surface area contributed by atoms with Gasteiger partial charge in [-0.1, -0.05) is 0 Å². The van der Waals surface area contributed by atoms with Crippen LogP contribution < -0.4 is 5.48 Å². The Morgan fingerprint density at radius 3 is 2.50 bits per heavy atom. The van der Waals surface area contributed by atoms with Crippen molar-refractivity contribution in [3.63, 3.8) is 0 Å². The van der Waals surface area contributed by atoms with Crippen LogP contribution in [0, 0.1) is 0 Å². The summed E-state index contributed by atoms with van der Waals surface area (Å²) in [6.45, 7) is 0.475. The average Bonchev–Trinajstić information content (AvgIpc) is 1.77. The van der Waals surface area contributed by atoms with Crippen molar-refractivity contribution in [1.82, 2.24) is 5.48 Å². The van der Waals surface area contributed by atoms with Gasteiger partial charge in [-0.15, -0.1) is 0 Å². The molecule has 4 heteroatoms. The number of hydrogen-bond acceptors (Lipinski definition) is 4. The molecule has 2 unspecified atom stereocenters. The molecule has 3 N–H and O–H groups in total. The third-order valence-corrected chi connectivity index (χ3v) is 1.09. The first-order valence-corrected chi connectivity index (χ1v) is 2.51. The highest BCUT2D eigenvalue weighted by Crippen LogP contribution is 1.96. The van der Waals surface area contributed by atoms with E-state index < -0.39 is 12.2 Å². The number of aliphatic hydroxyl groups is 2. The smallest absolute Gasteiger partial charge is 0.106 e. The Kier molecular flexibility index (Phi) is 1.80. The van der Waals surface area contributed by atoms with E-state index in [2.05, 4.69) is 10.3 Å². The van der Waals surface area contributed by atoms with E-state index in [1.807, 2.05) is 0 Å². The molecule has 0 aromatic carbocycles. The average molecular weight is 119 g/mol. The third-order valence-electron chi connectivity index (χ3n) is 1.09. The van der Waals surface area contributed by atoms with Crippen LogP contribution in [0.3, 0.4) is 0 Å². The van der Waals surface area contributed by atoms with Gasteiger partial charge in [-0.05, 0) is 0 Å². The van der Waals surface area contributed by atoms with E-state index in [0.29, 0.717) is 6.54 Å². The van der Waals surface area contributed by atoms with Crippen LogP contribution in [-0.2, 0) is 4.84 Å². The van der Waals surface area contributed by atoms with Crippen molar-refractivity contribution in [2.75, 3.05) is 13.2 Å². The maximum atomic E-state index is 8.79. The van der Waals surface area contributed by atoms with E-state index in [1.54, 1.807) is 0 Å². The van der Waals surface area contributed by atoms with Gasteiger partial charge in [0.2, 0.25) is 0 Å². The van der Waals surface area contributed by atoms with Crippen LogP contribution in [0.5, 0.6) is 0 Å². The van der Waals surface area contributed by atoms with Crippen LogP contribution in [0.4, 0.5) is 0 Å². The number of aliphatic hydroxyl groups excluding tert-OH is 2. The van der Waals surface area contributed by atoms with E-state index >= 15 is 0 Å². The predicted molar refractivity (Wildman–Crippen MR) is 26.0 cm³/mol. The highest BCUT2D eigenvalue weighted by molar-refractivity contribution is 4.69. The maximum Gasteiger partial charge on any atom is 0.106 e.